The third-order valence-electron chi connectivity index (χ3n) is 0.387. The molecule has 1 radical (unpaired) electrons. The number of carboxylic acid groups (broad SMARTS) is 3. The summed E-state index contributed by atoms with van der Waals surface area (Å²) in [5.41, 5.74) is 0. The summed E-state index contributed by atoms with van der Waals surface area (Å²) < 4.78 is 0. The summed E-state index contributed by atoms with van der Waals surface area (Å²) in [5.74, 6) is -4.32. The number of aliphatic hydroxyl groups is 3. The molecule has 0 amide bonds. The van der Waals surface area contributed by atoms with Crippen molar-refractivity contribution in [3.8, 4) is 0 Å². The van der Waals surface area contributed by atoms with Crippen LogP contribution in [-0.2, 0) is 30.9 Å². The van der Waals surface area contributed by atoms with E-state index in [1.54, 1.807) is 0 Å². The van der Waals surface area contributed by atoms with Crippen LogP contribution in [0.4, 0.5) is 0 Å². The molecule has 0 aromatic rings. The van der Waals surface area contributed by atoms with E-state index in [9.17, 15) is 0 Å². The minimum absolute atomic E-state index is 0. The van der Waals surface area contributed by atoms with Crippen molar-refractivity contribution in [2.75, 3.05) is 19.8 Å². The second kappa shape index (κ2) is 19.4. The van der Waals surface area contributed by atoms with Crippen molar-refractivity contribution >= 4 is 17.9 Å². The van der Waals surface area contributed by atoms with Crippen molar-refractivity contribution in [3.05, 3.63) is 0 Å². The van der Waals surface area contributed by atoms with Gasteiger partial charge in [0.15, 0.2) is 0 Å². The number of carboxylic acids is 3. The molecule has 0 aliphatic heterocycles. The standard InChI is InChI=1S/3C2H4O3.Ni/c3*3-1-2(4)5;/h3*3H,1H2,(H,4,5);/q;;;+3/p-3. The van der Waals surface area contributed by atoms with E-state index in [1.807, 2.05) is 0 Å². The fourth-order valence-electron chi connectivity index (χ4n) is 0. The predicted molar refractivity (Wildman–Crippen MR) is 36.3 cm³/mol. The zero-order valence-corrected chi connectivity index (χ0v) is 8.72. The van der Waals surface area contributed by atoms with Crippen LogP contribution >= 0.6 is 0 Å². The molecule has 0 heterocycles. The Bertz CT molecular complexity index is 159. The average Bonchev–Trinajstić information content (AvgIpc) is 2.19. The normalized spacial score (nSPS) is 6.94. The van der Waals surface area contributed by atoms with E-state index in [2.05, 4.69) is 0 Å². The molecule has 0 saturated heterocycles. The first-order chi connectivity index (χ1) is 6.81. The van der Waals surface area contributed by atoms with E-state index < -0.39 is 37.7 Å². The van der Waals surface area contributed by atoms with Crippen molar-refractivity contribution in [1.29, 1.82) is 0 Å². The summed E-state index contributed by atoms with van der Waals surface area (Å²) >= 11 is 0. The minimum atomic E-state index is -1.44. The molecule has 0 spiro atoms. The Morgan fingerprint density at radius 2 is 0.750 bits per heavy atom. The van der Waals surface area contributed by atoms with E-state index in [0.29, 0.717) is 0 Å². The molecule has 0 fully saturated rings. The van der Waals surface area contributed by atoms with Gasteiger partial charge in [-0.2, -0.15) is 0 Å². The van der Waals surface area contributed by atoms with E-state index >= 15 is 0 Å². The number of aliphatic carboxylic acids is 3. The molecule has 0 rings (SSSR count). The second-order valence-electron chi connectivity index (χ2n) is 1.59. The van der Waals surface area contributed by atoms with Crippen LogP contribution in [-0.4, -0.2) is 53.0 Å². The van der Waals surface area contributed by atoms with Crippen LogP contribution < -0.4 is 15.3 Å². The summed E-state index contributed by atoms with van der Waals surface area (Å²) in [4.78, 5) is 27.0. The molecule has 0 aliphatic rings. The van der Waals surface area contributed by atoms with Crippen molar-refractivity contribution < 1.29 is 61.5 Å². The van der Waals surface area contributed by atoms with Gasteiger partial charge in [0, 0.05) is 0 Å². The molecule has 0 unspecified atom stereocenters. The molecule has 0 atom stereocenters. The van der Waals surface area contributed by atoms with E-state index in [1.165, 1.54) is 0 Å². The molecule has 0 saturated carbocycles. The molecule has 0 aliphatic carbocycles. The molecule has 97 valence electrons. The van der Waals surface area contributed by atoms with Crippen LogP contribution in [0.25, 0.3) is 0 Å². The topological polar surface area (TPSA) is 181 Å². The zero-order chi connectivity index (χ0) is 12.9. The van der Waals surface area contributed by atoms with Crippen molar-refractivity contribution in [2.45, 2.75) is 0 Å². The first kappa shape index (κ1) is 24.2. The van der Waals surface area contributed by atoms with Gasteiger partial charge in [0.1, 0.15) is 0 Å². The molecule has 0 aromatic heterocycles. The first-order valence-electron chi connectivity index (χ1n) is 3.23. The summed E-state index contributed by atoms with van der Waals surface area (Å²) in [5, 5.41) is 49.5. The van der Waals surface area contributed by atoms with Crippen LogP contribution in [0.2, 0.25) is 0 Å². The maximum absolute atomic E-state index is 9.01. The van der Waals surface area contributed by atoms with Crippen LogP contribution in [0.1, 0.15) is 0 Å². The Hall–Kier alpha value is -1.22. The van der Waals surface area contributed by atoms with Gasteiger partial charge < -0.3 is 45.0 Å². The van der Waals surface area contributed by atoms with Gasteiger partial charge in [0.2, 0.25) is 0 Å². The van der Waals surface area contributed by atoms with Crippen LogP contribution in [0.3, 0.4) is 0 Å². The van der Waals surface area contributed by atoms with Gasteiger partial charge in [-0.05, 0) is 0 Å². The largest absolute Gasteiger partial charge is 3.00 e. The Morgan fingerprint density at radius 1 is 0.688 bits per heavy atom. The Morgan fingerprint density at radius 3 is 0.750 bits per heavy atom. The van der Waals surface area contributed by atoms with Gasteiger partial charge in [-0.15, -0.1) is 0 Å². The smallest absolute Gasteiger partial charge is 0.548 e. The molecule has 9 nitrogen and oxygen atoms in total. The van der Waals surface area contributed by atoms with Crippen molar-refractivity contribution in [2.24, 2.45) is 0 Å². The number of hydrogen-bond donors (Lipinski definition) is 3. The summed E-state index contributed by atoms with van der Waals surface area (Å²) in [6.07, 6.45) is 0. The quantitative estimate of drug-likeness (QED) is 0.424. The summed E-state index contributed by atoms with van der Waals surface area (Å²) in [6.45, 7) is -2.67. The summed E-state index contributed by atoms with van der Waals surface area (Å²) in [6, 6.07) is 0. The number of aliphatic hydroxyl groups excluding tert-OH is 3. The Balaban J connectivity index is -0.0000000655. The fourth-order valence-corrected chi connectivity index (χ4v) is 0. The van der Waals surface area contributed by atoms with E-state index in [4.69, 9.17) is 45.0 Å². The minimum Gasteiger partial charge on any atom is -0.548 e. The first-order valence-corrected chi connectivity index (χ1v) is 3.23. The monoisotopic (exact) mass is 283 g/mol. The molecule has 16 heavy (non-hydrogen) atoms. The molecule has 10 heteroatoms. The molecular weight excluding hydrogens is 275 g/mol. The molecular formula is C6H9NiO9. The number of rotatable bonds is 3. The maximum atomic E-state index is 9.01. The average molecular weight is 284 g/mol. The maximum Gasteiger partial charge on any atom is 3.00 e. The van der Waals surface area contributed by atoms with Gasteiger partial charge in [-0.1, -0.05) is 0 Å². The van der Waals surface area contributed by atoms with Crippen molar-refractivity contribution in [1.82, 2.24) is 0 Å². The van der Waals surface area contributed by atoms with Crippen LogP contribution in [0.5, 0.6) is 0 Å². The van der Waals surface area contributed by atoms with Gasteiger partial charge in [0.25, 0.3) is 0 Å². The number of hydrogen-bond acceptors (Lipinski definition) is 9. The molecule has 3 N–H and O–H groups in total. The number of carbonyl (C=O) groups excluding carboxylic acids is 3. The van der Waals surface area contributed by atoms with Crippen LogP contribution in [0.15, 0.2) is 0 Å². The van der Waals surface area contributed by atoms with Gasteiger partial charge in [0.05, 0.1) is 37.7 Å². The summed E-state index contributed by atoms with van der Waals surface area (Å²) in [7, 11) is 0. The SMILES string of the molecule is O=C([O-])CO.O=C([O-])CO.O=C([O-])CO.[Ni+3]. The van der Waals surface area contributed by atoms with E-state index in [-0.39, 0.29) is 16.5 Å². The van der Waals surface area contributed by atoms with Gasteiger partial charge >= 0.3 is 16.5 Å². The van der Waals surface area contributed by atoms with E-state index in [0.717, 1.165) is 0 Å². The second-order valence-corrected chi connectivity index (χ2v) is 1.59. The Kier molecular flexibility index (Phi) is 29.2. The third kappa shape index (κ3) is 77.6. The van der Waals surface area contributed by atoms with Gasteiger partial charge in [-0.3, -0.25) is 0 Å². The molecule has 0 bridgehead atoms. The predicted octanol–water partition coefficient (Wildman–Crippen LogP) is -6.82. The Labute approximate surface area is 99.9 Å². The fraction of sp³-hybridized carbons (Fsp3) is 0.500. The van der Waals surface area contributed by atoms with Crippen LogP contribution in [0, 0.1) is 0 Å². The van der Waals surface area contributed by atoms with Gasteiger partial charge in [-0.25, -0.2) is 0 Å². The third-order valence-corrected chi connectivity index (χ3v) is 0.387. The number of carbonyl (C=O) groups is 3. The molecule has 0 aromatic carbocycles. The van der Waals surface area contributed by atoms with Crippen molar-refractivity contribution in [3.63, 3.8) is 0 Å². The zero-order valence-electron chi connectivity index (χ0n) is 7.73.